The summed E-state index contributed by atoms with van der Waals surface area (Å²) in [5.74, 6) is -0.262. The number of anilines is 2. The number of likely N-dealkylation sites (N-methyl/N-ethyl adjacent to an activating group) is 1. The summed E-state index contributed by atoms with van der Waals surface area (Å²) in [6.07, 6.45) is 3.41. The third kappa shape index (κ3) is 6.02. The van der Waals surface area contributed by atoms with E-state index in [4.69, 9.17) is 0 Å². The number of aliphatic hydroxyl groups excluding tert-OH is 1. The first-order valence-corrected chi connectivity index (χ1v) is 13.1. The molecule has 0 aromatic heterocycles. The third-order valence-corrected chi connectivity index (χ3v) is 7.60. The highest BCUT2D eigenvalue weighted by molar-refractivity contribution is 5.92. The zero-order valence-corrected chi connectivity index (χ0v) is 21.0. The molecule has 1 amide bonds. The Kier molecular flexibility index (Phi) is 8.76. The number of carbonyl (C=O) groups excluding carboxylic acids is 1. The highest BCUT2D eigenvalue weighted by atomic mass is 19.1. The van der Waals surface area contributed by atoms with Crippen molar-refractivity contribution in [2.24, 2.45) is 5.92 Å². The zero-order valence-electron chi connectivity index (χ0n) is 21.0. The molecule has 0 bridgehead atoms. The summed E-state index contributed by atoms with van der Waals surface area (Å²) < 4.78 is 15.1. The summed E-state index contributed by atoms with van der Waals surface area (Å²) in [7, 11) is 0. The van der Waals surface area contributed by atoms with E-state index >= 15 is 4.39 Å². The van der Waals surface area contributed by atoms with E-state index in [1.165, 1.54) is 6.07 Å². The molecule has 35 heavy (non-hydrogen) atoms. The van der Waals surface area contributed by atoms with E-state index in [-0.39, 0.29) is 23.7 Å². The smallest absolute Gasteiger partial charge is 0.227 e. The van der Waals surface area contributed by atoms with E-state index in [0.29, 0.717) is 24.5 Å². The molecular weight excluding hydrogens is 443 g/mol. The van der Waals surface area contributed by atoms with Crippen LogP contribution in [-0.4, -0.2) is 66.3 Å². The van der Waals surface area contributed by atoms with Gasteiger partial charge in [-0.2, -0.15) is 0 Å². The van der Waals surface area contributed by atoms with Gasteiger partial charge in [0.05, 0.1) is 11.7 Å². The van der Waals surface area contributed by atoms with Gasteiger partial charge in [-0.25, -0.2) is 4.39 Å². The summed E-state index contributed by atoms with van der Waals surface area (Å²) >= 11 is 0. The van der Waals surface area contributed by atoms with Crippen LogP contribution in [0.1, 0.15) is 51.1 Å². The van der Waals surface area contributed by atoms with Crippen LogP contribution in [0.2, 0.25) is 0 Å². The molecule has 2 aromatic carbocycles. The number of nitrogens with zero attached hydrogens (tertiary/aromatic N) is 3. The lowest BCUT2D eigenvalue weighted by atomic mass is 10.0. The minimum Gasteiger partial charge on any atom is -0.376 e. The van der Waals surface area contributed by atoms with Gasteiger partial charge in [0.1, 0.15) is 12.0 Å². The van der Waals surface area contributed by atoms with Gasteiger partial charge in [0.2, 0.25) is 5.91 Å². The largest absolute Gasteiger partial charge is 0.376 e. The second-order valence-corrected chi connectivity index (χ2v) is 9.65. The van der Waals surface area contributed by atoms with Crippen LogP contribution in [0.4, 0.5) is 15.8 Å². The molecule has 2 aliphatic rings. The second-order valence-electron chi connectivity index (χ2n) is 9.65. The minimum atomic E-state index is -0.613. The van der Waals surface area contributed by atoms with Crippen LogP contribution < -0.4 is 10.2 Å². The quantitative estimate of drug-likeness (QED) is 0.516. The Hall–Kier alpha value is -2.48. The number of benzene rings is 2. The van der Waals surface area contributed by atoms with E-state index in [1.807, 2.05) is 18.2 Å². The molecule has 2 atom stereocenters. The average Bonchev–Trinajstić information content (AvgIpc) is 3.42. The van der Waals surface area contributed by atoms with Crippen LogP contribution in [-0.2, 0) is 4.79 Å². The maximum atomic E-state index is 15.1. The van der Waals surface area contributed by atoms with Crippen molar-refractivity contribution in [2.75, 3.05) is 49.5 Å². The van der Waals surface area contributed by atoms with Crippen LogP contribution >= 0.6 is 0 Å². The number of amides is 1. The van der Waals surface area contributed by atoms with Crippen molar-refractivity contribution in [1.29, 1.82) is 0 Å². The number of hydrogen-bond donors (Lipinski definition) is 2. The molecule has 0 radical (unpaired) electrons. The third-order valence-electron chi connectivity index (χ3n) is 7.60. The van der Waals surface area contributed by atoms with E-state index in [2.05, 4.69) is 46.0 Å². The van der Waals surface area contributed by atoms with E-state index in [9.17, 15) is 9.90 Å². The first-order chi connectivity index (χ1) is 17.0. The Labute approximate surface area is 208 Å². The Balaban J connectivity index is 1.42. The van der Waals surface area contributed by atoms with Crippen molar-refractivity contribution < 1.29 is 14.3 Å². The van der Waals surface area contributed by atoms with Gasteiger partial charge in [-0.15, -0.1) is 0 Å². The van der Waals surface area contributed by atoms with Crippen molar-refractivity contribution in [3.05, 3.63) is 59.9 Å². The molecule has 1 aliphatic heterocycles. The van der Waals surface area contributed by atoms with Gasteiger partial charge in [0, 0.05) is 37.8 Å². The molecule has 6 nitrogen and oxygen atoms in total. The first-order valence-electron chi connectivity index (χ1n) is 13.1. The first kappa shape index (κ1) is 25.6. The number of carbonyl (C=O) groups is 1. The van der Waals surface area contributed by atoms with Crippen molar-refractivity contribution in [3.8, 4) is 0 Å². The summed E-state index contributed by atoms with van der Waals surface area (Å²) in [4.78, 5) is 18.8. The molecule has 1 heterocycles. The van der Waals surface area contributed by atoms with Crippen LogP contribution in [0.15, 0.2) is 48.5 Å². The molecule has 4 rings (SSSR count). The molecule has 190 valence electrons. The Bertz CT molecular complexity index is 955. The molecule has 2 aromatic rings. The van der Waals surface area contributed by atoms with Crippen LogP contribution in [0.25, 0.3) is 0 Å². The van der Waals surface area contributed by atoms with Gasteiger partial charge in [-0.05, 0) is 49.7 Å². The van der Waals surface area contributed by atoms with E-state index in [0.717, 1.165) is 57.4 Å². The SMILES string of the molecule is CCN(CC)C(O)C(c1ccccc1)N1CCN(c2ccc(NC(=O)C3CCCC3)cc2F)CC1. The molecule has 2 N–H and O–H groups in total. The molecule has 7 heteroatoms. The molecule has 1 aliphatic carbocycles. The molecular formula is C28H39FN4O2. The van der Waals surface area contributed by atoms with E-state index in [1.54, 1.807) is 12.1 Å². The lowest BCUT2D eigenvalue weighted by molar-refractivity contribution is -0.119. The lowest BCUT2D eigenvalue weighted by Gasteiger charge is -2.44. The lowest BCUT2D eigenvalue weighted by Crippen LogP contribution is -2.53. The monoisotopic (exact) mass is 482 g/mol. The Morgan fingerprint density at radius 1 is 1.06 bits per heavy atom. The number of nitrogens with one attached hydrogen (secondary N) is 1. The normalized spacial score (nSPS) is 19.2. The van der Waals surface area contributed by atoms with Crippen LogP contribution in [0.3, 0.4) is 0 Å². The predicted octanol–water partition coefficient (Wildman–Crippen LogP) is 4.48. The standard InChI is InChI=1S/C28H39FN4O2/c1-3-31(4-2)28(35)26(21-10-6-5-7-11-21)33-18-16-32(17-19-33)25-15-14-23(20-24(25)29)30-27(34)22-12-8-9-13-22/h5-7,10-11,14-15,20,22,26,28,35H,3-4,8-9,12-13,16-19H2,1-2H3,(H,30,34). The summed E-state index contributed by atoms with van der Waals surface area (Å²) in [5.41, 5.74) is 2.17. The van der Waals surface area contributed by atoms with Crippen molar-refractivity contribution >= 4 is 17.3 Å². The second kappa shape index (κ2) is 12.0. The molecule has 2 fully saturated rings. The molecule has 2 unspecified atom stereocenters. The number of rotatable bonds is 9. The van der Waals surface area contributed by atoms with Gasteiger partial charge in [0.25, 0.3) is 0 Å². The minimum absolute atomic E-state index is 0.00183. The van der Waals surface area contributed by atoms with Gasteiger partial charge in [0.15, 0.2) is 0 Å². The maximum Gasteiger partial charge on any atom is 0.227 e. The van der Waals surface area contributed by atoms with Gasteiger partial charge < -0.3 is 15.3 Å². The van der Waals surface area contributed by atoms with Crippen molar-refractivity contribution in [2.45, 2.75) is 51.8 Å². The summed E-state index contributed by atoms with van der Waals surface area (Å²) in [6, 6.07) is 15.0. The highest BCUT2D eigenvalue weighted by Gasteiger charge is 2.33. The maximum absolute atomic E-state index is 15.1. The predicted molar refractivity (Wildman–Crippen MR) is 139 cm³/mol. The zero-order chi connectivity index (χ0) is 24.8. The van der Waals surface area contributed by atoms with E-state index < -0.39 is 6.23 Å². The average molecular weight is 483 g/mol. The fraction of sp³-hybridized carbons (Fsp3) is 0.536. The van der Waals surface area contributed by atoms with Crippen LogP contribution in [0, 0.1) is 11.7 Å². The number of aliphatic hydroxyl groups is 1. The highest BCUT2D eigenvalue weighted by Crippen LogP contribution is 2.31. The fourth-order valence-electron chi connectivity index (χ4n) is 5.53. The number of halogens is 1. The Morgan fingerprint density at radius 2 is 1.71 bits per heavy atom. The van der Waals surface area contributed by atoms with Crippen molar-refractivity contribution in [1.82, 2.24) is 9.80 Å². The number of hydrogen-bond acceptors (Lipinski definition) is 5. The molecule has 1 saturated heterocycles. The summed E-state index contributed by atoms with van der Waals surface area (Å²) in [5, 5.41) is 14.1. The number of piperazine rings is 1. The van der Waals surface area contributed by atoms with Gasteiger partial charge in [-0.3, -0.25) is 14.6 Å². The Morgan fingerprint density at radius 3 is 2.31 bits per heavy atom. The molecule has 0 spiro atoms. The van der Waals surface area contributed by atoms with Gasteiger partial charge in [-0.1, -0.05) is 57.0 Å². The topological polar surface area (TPSA) is 59.1 Å². The van der Waals surface area contributed by atoms with Crippen LogP contribution in [0.5, 0.6) is 0 Å². The van der Waals surface area contributed by atoms with Crippen molar-refractivity contribution in [3.63, 3.8) is 0 Å². The van der Waals surface area contributed by atoms with Gasteiger partial charge >= 0.3 is 0 Å². The molecule has 1 saturated carbocycles. The fourth-order valence-corrected chi connectivity index (χ4v) is 5.53. The summed E-state index contributed by atoms with van der Waals surface area (Å²) in [6.45, 7) is 8.45.